The summed E-state index contributed by atoms with van der Waals surface area (Å²) >= 11 is 3.42. The lowest BCUT2D eigenvalue weighted by Gasteiger charge is -2.12. The summed E-state index contributed by atoms with van der Waals surface area (Å²) in [6.07, 6.45) is 5.27. The highest BCUT2D eigenvalue weighted by atomic mass is 79.9. The van der Waals surface area contributed by atoms with Crippen LogP contribution in [0.1, 0.15) is 31.2 Å². The van der Waals surface area contributed by atoms with Crippen molar-refractivity contribution >= 4 is 15.9 Å². The van der Waals surface area contributed by atoms with Crippen LogP contribution >= 0.6 is 15.9 Å². The number of halogens is 1. The SMILES string of the molecule is OCc1cc(Br)cc(OCC2CCCC2)c1. The molecular formula is C13H17BrO2. The zero-order chi connectivity index (χ0) is 11.4. The van der Waals surface area contributed by atoms with Crippen LogP contribution in [0.4, 0.5) is 0 Å². The molecule has 88 valence electrons. The standard InChI is InChI=1S/C13H17BrO2/c14-12-5-11(8-15)6-13(7-12)16-9-10-3-1-2-4-10/h5-7,10,15H,1-4,8-9H2. The lowest BCUT2D eigenvalue weighted by atomic mass is 10.1. The summed E-state index contributed by atoms with van der Waals surface area (Å²) in [7, 11) is 0. The molecule has 2 rings (SSSR count). The van der Waals surface area contributed by atoms with E-state index in [0.717, 1.165) is 28.3 Å². The first-order valence-corrected chi connectivity index (χ1v) is 6.60. The van der Waals surface area contributed by atoms with Gasteiger partial charge in [-0.25, -0.2) is 0 Å². The van der Waals surface area contributed by atoms with Gasteiger partial charge in [0, 0.05) is 4.47 Å². The maximum absolute atomic E-state index is 9.09. The van der Waals surface area contributed by atoms with E-state index in [4.69, 9.17) is 9.84 Å². The number of ether oxygens (including phenoxy) is 1. The Kier molecular flexibility index (Phi) is 4.24. The molecule has 1 aliphatic rings. The summed E-state index contributed by atoms with van der Waals surface area (Å²) in [6.45, 7) is 0.862. The number of aliphatic hydroxyl groups is 1. The van der Waals surface area contributed by atoms with Crippen LogP contribution in [0.5, 0.6) is 5.75 Å². The largest absolute Gasteiger partial charge is 0.493 e. The normalized spacial score (nSPS) is 16.6. The molecule has 3 heteroatoms. The average molecular weight is 285 g/mol. The van der Waals surface area contributed by atoms with Crippen molar-refractivity contribution in [3.8, 4) is 5.75 Å². The van der Waals surface area contributed by atoms with Crippen LogP contribution in [-0.2, 0) is 6.61 Å². The second-order valence-electron chi connectivity index (χ2n) is 4.41. The first-order chi connectivity index (χ1) is 7.78. The fourth-order valence-electron chi connectivity index (χ4n) is 2.19. The molecule has 0 atom stereocenters. The zero-order valence-corrected chi connectivity index (χ0v) is 10.9. The third-order valence-electron chi connectivity index (χ3n) is 3.07. The molecule has 0 saturated heterocycles. The van der Waals surface area contributed by atoms with Gasteiger partial charge in [-0.3, -0.25) is 0 Å². The Balaban J connectivity index is 1.94. The van der Waals surface area contributed by atoms with Gasteiger partial charge in [0.25, 0.3) is 0 Å². The van der Waals surface area contributed by atoms with Crippen LogP contribution in [0, 0.1) is 5.92 Å². The van der Waals surface area contributed by atoms with Crippen molar-refractivity contribution in [1.82, 2.24) is 0 Å². The highest BCUT2D eigenvalue weighted by Crippen LogP contribution is 2.27. The lowest BCUT2D eigenvalue weighted by molar-refractivity contribution is 0.249. The molecule has 1 saturated carbocycles. The van der Waals surface area contributed by atoms with Gasteiger partial charge in [0.05, 0.1) is 13.2 Å². The highest BCUT2D eigenvalue weighted by Gasteiger charge is 2.15. The third-order valence-corrected chi connectivity index (χ3v) is 3.53. The van der Waals surface area contributed by atoms with Crippen molar-refractivity contribution in [2.75, 3.05) is 6.61 Å². The van der Waals surface area contributed by atoms with Gasteiger partial charge in [-0.2, -0.15) is 0 Å². The summed E-state index contributed by atoms with van der Waals surface area (Å²) in [4.78, 5) is 0. The molecule has 0 unspecified atom stereocenters. The fraction of sp³-hybridized carbons (Fsp3) is 0.538. The topological polar surface area (TPSA) is 29.5 Å². The van der Waals surface area contributed by atoms with Crippen molar-refractivity contribution in [3.63, 3.8) is 0 Å². The van der Waals surface area contributed by atoms with Crippen LogP contribution in [0.15, 0.2) is 22.7 Å². The Morgan fingerprint density at radius 3 is 2.69 bits per heavy atom. The first-order valence-electron chi connectivity index (χ1n) is 5.81. The van der Waals surface area contributed by atoms with E-state index < -0.39 is 0 Å². The second-order valence-corrected chi connectivity index (χ2v) is 5.33. The molecule has 1 aromatic carbocycles. The number of aliphatic hydroxyl groups excluding tert-OH is 1. The van der Waals surface area contributed by atoms with Crippen LogP contribution in [0.3, 0.4) is 0 Å². The maximum atomic E-state index is 9.09. The molecular weight excluding hydrogens is 268 g/mol. The second kappa shape index (κ2) is 5.69. The summed E-state index contributed by atoms with van der Waals surface area (Å²) in [6, 6.07) is 5.76. The Hall–Kier alpha value is -0.540. The molecule has 0 aliphatic heterocycles. The minimum atomic E-state index is 0.0548. The number of benzene rings is 1. The Morgan fingerprint density at radius 1 is 1.25 bits per heavy atom. The molecule has 0 spiro atoms. The van der Waals surface area contributed by atoms with Crippen LogP contribution in [0.25, 0.3) is 0 Å². The average Bonchev–Trinajstić information content (AvgIpc) is 2.78. The quantitative estimate of drug-likeness (QED) is 0.917. The van der Waals surface area contributed by atoms with Gasteiger partial charge in [0.15, 0.2) is 0 Å². The summed E-state index contributed by atoms with van der Waals surface area (Å²) < 4.78 is 6.73. The van der Waals surface area contributed by atoms with E-state index in [1.54, 1.807) is 0 Å². The molecule has 16 heavy (non-hydrogen) atoms. The van der Waals surface area contributed by atoms with E-state index in [9.17, 15) is 0 Å². The monoisotopic (exact) mass is 284 g/mol. The Morgan fingerprint density at radius 2 is 2.00 bits per heavy atom. The van der Waals surface area contributed by atoms with E-state index in [1.807, 2.05) is 18.2 Å². The van der Waals surface area contributed by atoms with E-state index in [2.05, 4.69) is 15.9 Å². The van der Waals surface area contributed by atoms with Crippen LogP contribution in [0.2, 0.25) is 0 Å². The van der Waals surface area contributed by atoms with Crippen LogP contribution in [-0.4, -0.2) is 11.7 Å². The van der Waals surface area contributed by atoms with E-state index in [1.165, 1.54) is 25.7 Å². The molecule has 0 amide bonds. The van der Waals surface area contributed by atoms with Gasteiger partial charge >= 0.3 is 0 Å². The van der Waals surface area contributed by atoms with Gasteiger partial charge in [-0.05, 0) is 42.5 Å². The number of hydrogen-bond donors (Lipinski definition) is 1. The molecule has 0 radical (unpaired) electrons. The van der Waals surface area contributed by atoms with E-state index >= 15 is 0 Å². The lowest BCUT2D eigenvalue weighted by Crippen LogP contribution is -2.08. The molecule has 2 nitrogen and oxygen atoms in total. The van der Waals surface area contributed by atoms with Crippen molar-refractivity contribution in [2.45, 2.75) is 32.3 Å². The minimum absolute atomic E-state index is 0.0548. The van der Waals surface area contributed by atoms with Crippen LogP contribution < -0.4 is 4.74 Å². The van der Waals surface area contributed by atoms with Gasteiger partial charge in [0.1, 0.15) is 5.75 Å². The third kappa shape index (κ3) is 3.22. The fourth-order valence-corrected chi connectivity index (χ4v) is 2.71. The molecule has 0 bridgehead atoms. The van der Waals surface area contributed by atoms with Crippen molar-refractivity contribution in [2.24, 2.45) is 5.92 Å². The van der Waals surface area contributed by atoms with Gasteiger partial charge in [-0.1, -0.05) is 28.8 Å². The summed E-state index contributed by atoms with van der Waals surface area (Å²) in [5.41, 5.74) is 0.885. The minimum Gasteiger partial charge on any atom is -0.493 e. The van der Waals surface area contributed by atoms with Gasteiger partial charge < -0.3 is 9.84 Å². The first kappa shape index (κ1) is 11.9. The van der Waals surface area contributed by atoms with Crippen molar-refractivity contribution in [3.05, 3.63) is 28.2 Å². The molecule has 1 aliphatic carbocycles. The van der Waals surface area contributed by atoms with Crippen molar-refractivity contribution < 1.29 is 9.84 Å². The zero-order valence-electron chi connectivity index (χ0n) is 9.29. The summed E-state index contributed by atoms with van der Waals surface area (Å²) in [5, 5.41) is 9.09. The maximum Gasteiger partial charge on any atom is 0.120 e. The Bertz CT molecular complexity index is 346. The molecule has 1 aromatic rings. The summed E-state index contributed by atoms with van der Waals surface area (Å²) in [5.74, 6) is 1.57. The van der Waals surface area contributed by atoms with E-state index in [0.29, 0.717) is 0 Å². The van der Waals surface area contributed by atoms with Crippen molar-refractivity contribution in [1.29, 1.82) is 0 Å². The van der Waals surface area contributed by atoms with E-state index in [-0.39, 0.29) is 6.61 Å². The molecule has 1 fully saturated rings. The number of hydrogen-bond acceptors (Lipinski definition) is 2. The smallest absolute Gasteiger partial charge is 0.120 e. The molecule has 1 N–H and O–H groups in total. The Labute approximate surface area is 105 Å². The van der Waals surface area contributed by atoms with Gasteiger partial charge in [-0.15, -0.1) is 0 Å². The predicted octanol–water partition coefficient (Wildman–Crippen LogP) is 3.51. The molecule has 0 aromatic heterocycles. The molecule has 0 heterocycles. The van der Waals surface area contributed by atoms with Gasteiger partial charge in [0.2, 0.25) is 0 Å². The number of rotatable bonds is 4. The highest BCUT2D eigenvalue weighted by molar-refractivity contribution is 9.10. The predicted molar refractivity (Wildman–Crippen MR) is 67.5 cm³/mol.